The lowest BCUT2D eigenvalue weighted by Crippen LogP contribution is -2.05. The van der Waals surface area contributed by atoms with Gasteiger partial charge in [0.25, 0.3) is 0 Å². The van der Waals surface area contributed by atoms with E-state index in [1.165, 1.54) is 23.5 Å². The average Bonchev–Trinajstić information content (AvgIpc) is 2.95. The fourth-order valence-corrected chi connectivity index (χ4v) is 2.84. The van der Waals surface area contributed by atoms with Gasteiger partial charge in [-0.3, -0.25) is 0 Å². The normalized spacial score (nSPS) is 10.5. The minimum atomic E-state index is -0.494. The van der Waals surface area contributed by atoms with Crippen molar-refractivity contribution in [1.82, 2.24) is 15.0 Å². The minimum Gasteiger partial charge on any atom is -0.457 e. The number of thiazole rings is 1. The second-order valence-electron chi connectivity index (χ2n) is 4.71. The number of halogens is 1. The van der Waals surface area contributed by atoms with Crippen molar-refractivity contribution in [3.8, 4) is 10.8 Å². The van der Waals surface area contributed by atoms with Gasteiger partial charge >= 0.3 is 5.97 Å². The Labute approximate surface area is 135 Å². The van der Waals surface area contributed by atoms with Gasteiger partial charge in [-0.25, -0.2) is 24.1 Å². The van der Waals surface area contributed by atoms with E-state index >= 15 is 0 Å². The molecule has 0 saturated carbocycles. The first-order valence-electron chi connectivity index (χ1n) is 6.80. The number of rotatable bonds is 4. The molecule has 1 aromatic carbocycles. The summed E-state index contributed by atoms with van der Waals surface area (Å²) in [6, 6.07) is 7.64. The fourth-order valence-electron chi connectivity index (χ4n) is 1.93. The van der Waals surface area contributed by atoms with E-state index in [1.54, 1.807) is 37.5 Å². The number of aryl methyl sites for hydroxylation is 1. The van der Waals surface area contributed by atoms with E-state index in [0.717, 1.165) is 0 Å². The molecule has 2 aromatic heterocycles. The number of hydrogen-bond donors (Lipinski definition) is 0. The third-order valence-electron chi connectivity index (χ3n) is 3.00. The summed E-state index contributed by atoms with van der Waals surface area (Å²) in [7, 11) is 0. The Hall–Kier alpha value is -2.67. The van der Waals surface area contributed by atoms with E-state index < -0.39 is 5.97 Å². The molecule has 0 amide bonds. The summed E-state index contributed by atoms with van der Waals surface area (Å²) < 4.78 is 18.3. The molecule has 0 aliphatic carbocycles. The number of carbonyl (C=O) groups excluding carboxylic acids is 1. The number of benzene rings is 1. The molecular formula is C16H12FN3O2S. The summed E-state index contributed by atoms with van der Waals surface area (Å²) in [6.07, 6.45) is 3.22. The number of nitrogens with zero attached hydrogens (tertiary/aromatic N) is 3. The van der Waals surface area contributed by atoms with Crippen molar-refractivity contribution in [2.45, 2.75) is 13.5 Å². The first kappa shape index (κ1) is 15.2. The monoisotopic (exact) mass is 329 g/mol. The van der Waals surface area contributed by atoms with E-state index in [4.69, 9.17) is 4.74 Å². The molecule has 23 heavy (non-hydrogen) atoms. The molecule has 0 radical (unpaired) electrons. The van der Waals surface area contributed by atoms with Crippen LogP contribution in [-0.4, -0.2) is 20.9 Å². The van der Waals surface area contributed by atoms with Crippen LogP contribution in [0.2, 0.25) is 0 Å². The molecular weight excluding hydrogens is 317 g/mol. The van der Waals surface area contributed by atoms with Crippen LogP contribution in [0.1, 0.15) is 20.9 Å². The standard InChI is InChI=1S/C16H12FN3O2S/c1-10-13(23-15(20-10)14-18-6-3-7-19-14)16(21)22-9-11-4-2-5-12(17)8-11/h2-8H,9H2,1H3. The third kappa shape index (κ3) is 3.57. The molecule has 0 N–H and O–H groups in total. The highest BCUT2D eigenvalue weighted by Gasteiger charge is 2.18. The summed E-state index contributed by atoms with van der Waals surface area (Å²) >= 11 is 1.17. The van der Waals surface area contributed by atoms with E-state index in [0.29, 0.717) is 27.0 Å². The second-order valence-corrected chi connectivity index (χ2v) is 5.71. The molecule has 2 heterocycles. The van der Waals surface area contributed by atoms with E-state index in [1.807, 2.05) is 0 Å². The van der Waals surface area contributed by atoms with Crippen LogP contribution in [0.4, 0.5) is 4.39 Å². The van der Waals surface area contributed by atoms with Crippen molar-refractivity contribution in [2.75, 3.05) is 0 Å². The van der Waals surface area contributed by atoms with Gasteiger partial charge in [-0.15, -0.1) is 11.3 Å². The summed E-state index contributed by atoms with van der Waals surface area (Å²) in [5.74, 6) is -0.396. The first-order valence-corrected chi connectivity index (χ1v) is 7.61. The topological polar surface area (TPSA) is 65.0 Å². The molecule has 0 aliphatic heterocycles. The van der Waals surface area contributed by atoms with Crippen LogP contribution in [0, 0.1) is 12.7 Å². The summed E-state index contributed by atoms with van der Waals surface area (Å²) in [4.78, 5) is 25.1. The van der Waals surface area contributed by atoms with E-state index in [2.05, 4.69) is 15.0 Å². The van der Waals surface area contributed by atoms with Crippen LogP contribution in [-0.2, 0) is 11.3 Å². The highest BCUT2D eigenvalue weighted by atomic mass is 32.1. The van der Waals surface area contributed by atoms with Gasteiger partial charge in [-0.1, -0.05) is 12.1 Å². The van der Waals surface area contributed by atoms with Gasteiger partial charge < -0.3 is 4.74 Å². The van der Waals surface area contributed by atoms with Crippen molar-refractivity contribution >= 4 is 17.3 Å². The van der Waals surface area contributed by atoms with E-state index in [-0.39, 0.29) is 12.4 Å². The Morgan fingerprint density at radius 1 is 1.26 bits per heavy atom. The smallest absolute Gasteiger partial charge is 0.350 e. The molecule has 0 saturated heterocycles. The van der Waals surface area contributed by atoms with Crippen LogP contribution >= 0.6 is 11.3 Å². The maximum atomic E-state index is 13.1. The zero-order valence-electron chi connectivity index (χ0n) is 12.2. The molecule has 0 aliphatic rings. The number of esters is 1. The van der Waals surface area contributed by atoms with Crippen molar-refractivity contribution < 1.29 is 13.9 Å². The largest absolute Gasteiger partial charge is 0.457 e. The van der Waals surface area contributed by atoms with Crippen LogP contribution in [0.5, 0.6) is 0 Å². The summed E-state index contributed by atoms with van der Waals surface area (Å²) in [5.41, 5.74) is 1.15. The van der Waals surface area contributed by atoms with Gasteiger partial charge in [0.2, 0.25) is 0 Å². The van der Waals surface area contributed by atoms with Crippen LogP contribution in [0.3, 0.4) is 0 Å². The average molecular weight is 329 g/mol. The van der Waals surface area contributed by atoms with Gasteiger partial charge in [0.15, 0.2) is 10.8 Å². The minimum absolute atomic E-state index is 0.00506. The Morgan fingerprint density at radius 2 is 2.04 bits per heavy atom. The maximum absolute atomic E-state index is 13.1. The second kappa shape index (κ2) is 6.62. The molecule has 0 unspecified atom stereocenters. The van der Waals surface area contributed by atoms with Gasteiger partial charge in [-0.2, -0.15) is 0 Å². The van der Waals surface area contributed by atoms with E-state index in [9.17, 15) is 9.18 Å². The molecule has 0 spiro atoms. The number of aromatic nitrogens is 3. The van der Waals surface area contributed by atoms with Gasteiger partial charge in [-0.05, 0) is 30.7 Å². The molecule has 3 rings (SSSR count). The fraction of sp³-hybridized carbons (Fsp3) is 0.125. The predicted molar refractivity (Wildman–Crippen MR) is 83.4 cm³/mol. The Kier molecular flexibility index (Phi) is 4.38. The van der Waals surface area contributed by atoms with Gasteiger partial charge in [0.1, 0.15) is 17.3 Å². The van der Waals surface area contributed by atoms with Crippen LogP contribution in [0.25, 0.3) is 10.8 Å². The number of hydrogen-bond acceptors (Lipinski definition) is 6. The summed E-state index contributed by atoms with van der Waals surface area (Å²) in [5, 5.41) is 0.556. The lowest BCUT2D eigenvalue weighted by Gasteiger charge is -2.03. The molecule has 3 aromatic rings. The molecule has 0 fully saturated rings. The van der Waals surface area contributed by atoms with Gasteiger partial charge in [0.05, 0.1) is 5.69 Å². The maximum Gasteiger partial charge on any atom is 0.350 e. The quantitative estimate of drug-likeness (QED) is 0.686. The highest BCUT2D eigenvalue weighted by Crippen LogP contribution is 2.26. The first-order chi connectivity index (χ1) is 11.1. The molecule has 116 valence electrons. The molecule has 7 heteroatoms. The molecule has 0 atom stereocenters. The van der Waals surface area contributed by atoms with Crippen molar-refractivity contribution in [3.63, 3.8) is 0 Å². The zero-order valence-corrected chi connectivity index (χ0v) is 13.0. The van der Waals surface area contributed by atoms with Crippen LogP contribution < -0.4 is 0 Å². The lowest BCUT2D eigenvalue weighted by molar-refractivity contribution is 0.0477. The highest BCUT2D eigenvalue weighted by molar-refractivity contribution is 7.16. The zero-order chi connectivity index (χ0) is 16.2. The summed E-state index contributed by atoms with van der Waals surface area (Å²) in [6.45, 7) is 1.73. The third-order valence-corrected chi connectivity index (χ3v) is 4.13. The number of ether oxygens (including phenoxy) is 1. The predicted octanol–water partition coefficient (Wildman–Crippen LogP) is 3.40. The molecule has 5 nitrogen and oxygen atoms in total. The molecule has 0 bridgehead atoms. The van der Waals surface area contributed by atoms with Crippen molar-refractivity contribution in [2.24, 2.45) is 0 Å². The number of carbonyl (C=O) groups is 1. The van der Waals surface area contributed by atoms with Crippen LogP contribution in [0.15, 0.2) is 42.7 Å². The lowest BCUT2D eigenvalue weighted by atomic mass is 10.2. The Balaban J connectivity index is 1.74. The Morgan fingerprint density at radius 3 is 2.78 bits per heavy atom. The van der Waals surface area contributed by atoms with Gasteiger partial charge in [0, 0.05) is 12.4 Å². The van der Waals surface area contributed by atoms with Crippen molar-refractivity contribution in [3.05, 3.63) is 64.7 Å². The van der Waals surface area contributed by atoms with Crippen molar-refractivity contribution in [1.29, 1.82) is 0 Å². The SMILES string of the molecule is Cc1nc(-c2ncccn2)sc1C(=O)OCc1cccc(F)c1. The Bertz CT molecular complexity index is 836.